The van der Waals surface area contributed by atoms with Crippen LogP contribution < -0.4 is 21.5 Å². The lowest BCUT2D eigenvalue weighted by molar-refractivity contribution is -0.120. The van der Waals surface area contributed by atoms with Gasteiger partial charge in [-0.15, -0.1) is 0 Å². The second-order valence-corrected chi connectivity index (χ2v) is 6.70. The van der Waals surface area contributed by atoms with Gasteiger partial charge in [-0.2, -0.15) is 0 Å². The van der Waals surface area contributed by atoms with Gasteiger partial charge in [-0.05, 0) is 24.1 Å². The lowest BCUT2D eigenvalue weighted by Crippen LogP contribution is -2.28. The fourth-order valence-electron chi connectivity index (χ4n) is 1.64. The molecule has 118 valence electrons. The summed E-state index contributed by atoms with van der Waals surface area (Å²) in [4.78, 5) is 11.4. The van der Waals surface area contributed by atoms with Crippen LogP contribution in [0.15, 0.2) is 23.1 Å². The maximum atomic E-state index is 11.5. The van der Waals surface area contributed by atoms with E-state index in [9.17, 15) is 13.2 Å². The molecule has 0 aliphatic carbocycles. The van der Waals surface area contributed by atoms with Gasteiger partial charge in [-0.25, -0.2) is 13.6 Å². The highest BCUT2D eigenvalue weighted by atomic mass is 32.2. The summed E-state index contributed by atoms with van der Waals surface area (Å²) >= 11 is 0. The van der Waals surface area contributed by atoms with Crippen LogP contribution in [0.25, 0.3) is 0 Å². The number of rotatable bonds is 7. The molecule has 7 nitrogen and oxygen atoms in total. The van der Waals surface area contributed by atoms with Crippen molar-refractivity contribution in [2.75, 3.05) is 24.1 Å². The van der Waals surface area contributed by atoms with Gasteiger partial charge in [-0.3, -0.25) is 4.79 Å². The lowest BCUT2D eigenvalue weighted by atomic mass is 10.2. The van der Waals surface area contributed by atoms with Gasteiger partial charge < -0.3 is 16.4 Å². The molecule has 0 fully saturated rings. The van der Waals surface area contributed by atoms with Gasteiger partial charge >= 0.3 is 0 Å². The van der Waals surface area contributed by atoms with Gasteiger partial charge in [0.05, 0.1) is 5.69 Å². The monoisotopic (exact) mass is 314 g/mol. The molecule has 1 aromatic carbocycles. The van der Waals surface area contributed by atoms with Crippen LogP contribution in [0.1, 0.15) is 20.3 Å². The maximum Gasteiger partial charge on any atom is 0.240 e. The van der Waals surface area contributed by atoms with Gasteiger partial charge in [0.25, 0.3) is 0 Å². The van der Waals surface area contributed by atoms with E-state index in [0.29, 0.717) is 31.1 Å². The molecule has 8 heteroatoms. The molecule has 6 N–H and O–H groups in total. The maximum absolute atomic E-state index is 11.5. The first kappa shape index (κ1) is 17.3. The number of nitrogens with two attached hydrogens (primary N) is 2. The van der Waals surface area contributed by atoms with Crippen LogP contribution in [-0.2, 0) is 14.8 Å². The minimum absolute atomic E-state index is 0.0367. The highest BCUT2D eigenvalue weighted by Gasteiger charge is 2.12. The fraction of sp³-hybridized carbons (Fsp3) is 0.462. The Morgan fingerprint density at radius 1 is 1.33 bits per heavy atom. The van der Waals surface area contributed by atoms with Crippen LogP contribution in [0, 0.1) is 5.92 Å². The number of carbonyl (C=O) groups is 1. The Kier molecular flexibility index (Phi) is 5.98. The first-order chi connectivity index (χ1) is 9.70. The van der Waals surface area contributed by atoms with Gasteiger partial charge in [0.15, 0.2) is 0 Å². The summed E-state index contributed by atoms with van der Waals surface area (Å²) in [6, 6.07) is 4.37. The zero-order chi connectivity index (χ0) is 16.0. The van der Waals surface area contributed by atoms with Crippen LogP contribution in [-0.4, -0.2) is 27.4 Å². The number of hydrogen-bond donors (Lipinski definition) is 4. The Balaban J connectivity index is 2.50. The van der Waals surface area contributed by atoms with Crippen molar-refractivity contribution in [2.45, 2.75) is 25.2 Å². The number of hydrogen-bond acceptors (Lipinski definition) is 5. The number of amides is 1. The molecule has 21 heavy (non-hydrogen) atoms. The largest absolute Gasteiger partial charge is 0.398 e. The molecule has 0 bridgehead atoms. The molecule has 1 aromatic rings. The summed E-state index contributed by atoms with van der Waals surface area (Å²) in [6.07, 6.45) is 0.323. The highest BCUT2D eigenvalue weighted by molar-refractivity contribution is 7.89. The van der Waals surface area contributed by atoms with Crippen LogP contribution in [0.4, 0.5) is 11.4 Å². The molecule has 1 rings (SSSR count). The van der Waals surface area contributed by atoms with Crippen molar-refractivity contribution < 1.29 is 13.2 Å². The number of carbonyl (C=O) groups excluding carboxylic acids is 1. The standard InChI is InChI=1S/C13H22N4O3S/c1-9(2)8-17-13(18)5-6-16-10-3-4-12(11(14)7-10)21(15,19)20/h3-4,7,9,16H,5-6,8,14H2,1-2H3,(H,17,18)(H2,15,19,20). The predicted molar refractivity (Wildman–Crippen MR) is 83.2 cm³/mol. The van der Waals surface area contributed by atoms with E-state index >= 15 is 0 Å². The SMILES string of the molecule is CC(C)CNC(=O)CCNc1ccc(S(N)(=O)=O)c(N)c1. The van der Waals surface area contributed by atoms with E-state index in [2.05, 4.69) is 10.6 Å². The molecule has 1 amide bonds. The van der Waals surface area contributed by atoms with Crippen LogP contribution >= 0.6 is 0 Å². The Hall–Kier alpha value is -1.80. The first-order valence-corrected chi connectivity index (χ1v) is 8.17. The predicted octanol–water partition coefficient (Wildman–Crippen LogP) is 0.490. The zero-order valence-electron chi connectivity index (χ0n) is 12.2. The van der Waals surface area contributed by atoms with Crippen LogP contribution in [0.5, 0.6) is 0 Å². The van der Waals surface area contributed by atoms with E-state index in [1.165, 1.54) is 12.1 Å². The lowest BCUT2D eigenvalue weighted by Gasteiger charge is -2.10. The van der Waals surface area contributed by atoms with Crippen molar-refractivity contribution in [2.24, 2.45) is 11.1 Å². The van der Waals surface area contributed by atoms with E-state index in [4.69, 9.17) is 10.9 Å². The first-order valence-electron chi connectivity index (χ1n) is 6.63. The van der Waals surface area contributed by atoms with E-state index in [1.807, 2.05) is 13.8 Å². The number of benzene rings is 1. The molecule has 0 aliphatic rings. The molecule has 0 spiro atoms. The second-order valence-electron chi connectivity index (χ2n) is 5.17. The molecule has 0 aromatic heterocycles. The summed E-state index contributed by atoms with van der Waals surface area (Å²) < 4.78 is 22.4. The van der Waals surface area contributed by atoms with E-state index in [-0.39, 0.29) is 16.5 Å². The molecular formula is C13H22N4O3S. The average molecular weight is 314 g/mol. The number of sulfonamides is 1. The minimum atomic E-state index is -3.82. The van der Waals surface area contributed by atoms with Crippen molar-refractivity contribution in [3.05, 3.63) is 18.2 Å². The summed E-state index contributed by atoms with van der Waals surface area (Å²) in [5.74, 6) is 0.373. The topological polar surface area (TPSA) is 127 Å². The summed E-state index contributed by atoms with van der Waals surface area (Å²) in [5, 5.41) is 10.8. The molecule has 0 radical (unpaired) electrons. The van der Waals surface area contributed by atoms with Crippen LogP contribution in [0.3, 0.4) is 0 Å². The van der Waals surface area contributed by atoms with Gasteiger partial charge in [0, 0.05) is 25.2 Å². The van der Waals surface area contributed by atoms with E-state index < -0.39 is 10.0 Å². The average Bonchev–Trinajstić information content (AvgIpc) is 2.35. The smallest absolute Gasteiger partial charge is 0.240 e. The number of nitrogens with one attached hydrogen (secondary N) is 2. The molecule has 0 saturated carbocycles. The summed E-state index contributed by atoms with van der Waals surface area (Å²) in [7, 11) is -3.82. The third kappa shape index (κ3) is 6.01. The summed E-state index contributed by atoms with van der Waals surface area (Å²) in [6.45, 7) is 5.12. The Morgan fingerprint density at radius 2 is 2.00 bits per heavy atom. The van der Waals surface area contributed by atoms with Crippen LogP contribution in [0.2, 0.25) is 0 Å². The molecule has 0 heterocycles. The zero-order valence-corrected chi connectivity index (χ0v) is 13.0. The van der Waals surface area contributed by atoms with Crippen molar-refractivity contribution in [1.29, 1.82) is 0 Å². The third-order valence-corrected chi connectivity index (χ3v) is 3.69. The molecular weight excluding hydrogens is 292 g/mol. The Bertz CT molecular complexity index is 599. The second kappa shape index (κ2) is 7.28. The third-order valence-electron chi connectivity index (χ3n) is 2.70. The van der Waals surface area contributed by atoms with Crippen molar-refractivity contribution >= 4 is 27.3 Å². The van der Waals surface area contributed by atoms with Crippen molar-refractivity contribution in [1.82, 2.24) is 5.32 Å². The summed E-state index contributed by atoms with van der Waals surface area (Å²) in [5.41, 5.74) is 6.35. The number of anilines is 2. The van der Waals surface area contributed by atoms with Gasteiger partial charge in [0.1, 0.15) is 4.90 Å². The number of primary sulfonamides is 1. The highest BCUT2D eigenvalue weighted by Crippen LogP contribution is 2.21. The fourth-order valence-corrected chi connectivity index (χ4v) is 2.29. The number of nitrogen functional groups attached to an aromatic ring is 1. The van der Waals surface area contributed by atoms with E-state index in [0.717, 1.165) is 0 Å². The minimum Gasteiger partial charge on any atom is -0.398 e. The van der Waals surface area contributed by atoms with Crippen molar-refractivity contribution in [3.8, 4) is 0 Å². The molecule has 0 atom stereocenters. The Morgan fingerprint density at radius 3 is 2.52 bits per heavy atom. The normalized spacial score (nSPS) is 11.4. The van der Waals surface area contributed by atoms with Gasteiger partial charge in [-0.1, -0.05) is 13.8 Å². The Labute approximate surface area is 125 Å². The van der Waals surface area contributed by atoms with Gasteiger partial charge in [0.2, 0.25) is 15.9 Å². The quantitative estimate of drug-likeness (QED) is 0.545. The van der Waals surface area contributed by atoms with Crippen molar-refractivity contribution in [3.63, 3.8) is 0 Å². The van der Waals surface area contributed by atoms with E-state index in [1.54, 1.807) is 6.07 Å². The molecule has 0 saturated heterocycles. The molecule has 0 unspecified atom stereocenters. The molecule has 0 aliphatic heterocycles.